The lowest BCUT2D eigenvalue weighted by molar-refractivity contribution is -0.123. The smallest absolute Gasteiger partial charge is 0.231 e. The Morgan fingerprint density at radius 3 is 2.87 bits per heavy atom. The summed E-state index contributed by atoms with van der Waals surface area (Å²) < 4.78 is 10.9. The van der Waals surface area contributed by atoms with E-state index in [1.165, 1.54) is 11.1 Å². The molecule has 0 bridgehead atoms. The molecule has 30 heavy (non-hydrogen) atoms. The molecule has 1 fully saturated rings. The zero-order chi connectivity index (χ0) is 20.6. The van der Waals surface area contributed by atoms with Gasteiger partial charge in [0, 0.05) is 18.4 Å². The van der Waals surface area contributed by atoms with Crippen molar-refractivity contribution in [3.05, 3.63) is 59.2 Å². The minimum atomic E-state index is -0.393. The first-order valence-electron chi connectivity index (χ1n) is 10.7. The Bertz CT molecular complexity index is 989. The molecule has 1 aliphatic carbocycles. The number of amides is 2. The van der Waals surface area contributed by atoms with Gasteiger partial charge < -0.3 is 20.1 Å². The number of ether oxygens (including phenoxy) is 2. The summed E-state index contributed by atoms with van der Waals surface area (Å²) in [6.07, 6.45) is 4.88. The fraction of sp³-hybridized carbons (Fsp3) is 0.417. The Labute approximate surface area is 176 Å². The van der Waals surface area contributed by atoms with Crippen LogP contribution in [-0.2, 0) is 22.4 Å². The van der Waals surface area contributed by atoms with Crippen LogP contribution in [0.15, 0.2) is 42.5 Å². The average Bonchev–Trinajstić information content (AvgIpc) is 3.46. The number of benzene rings is 2. The van der Waals surface area contributed by atoms with Crippen molar-refractivity contribution in [2.45, 2.75) is 56.5 Å². The van der Waals surface area contributed by atoms with Gasteiger partial charge in [0.05, 0.1) is 6.04 Å². The third-order valence-electron chi connectivity index (χ3n) is 6.51. The zero-order valence-electron chi connectivity index (χ0n) is 16.9. The van der Waals surface area contributed by atoms with Crippen LogP contribution in [0.5, 0.6) is 11.5 Å². The van der Waals surface area contributed by atoms with Crippen LogP contribution in [0, 0.1) is 0 Å². The number of rotatable bonds is 6. The minimum absolute atomic E-state index is 0.0444. The van der Waals surface area contributed by atoms with Gasteiger partial charge >= 0.3 is 0 Å². The zero-order valence-corrected chi connectivity index (χ0v) is 16.9. The third kappa shape index (κ3) is 3.74. The first kappa shape index (κ1) is 19.0. The Morgan fingerprint density at radius 2 is 2.00 bits per heavy atom. The van der Waals surface area contributed by atoms with Gasteiger partial charge in [0.25, 0.3) is 0 Å². The van der Waals surface area contributed by atoms with Gasteiger partial charge in [-0.3, -0.25) is 9.59 Å². The molecule has 6 heteroatoms. The summed E-state index contributed by atoms with van der Waals surface area (Å²) in [5.74, 6) is 1.59. The highest BCUT2D eigenvalue weighted by Gasteiger charge is 2.38. The number of aryl methyl sites for hydroxylation is 1. The molecule has 2 atom stereocenters. The molecule has 0 radical (unpaired) electrons. The van der Waals surface area contributed by atoms with E-state index in [0.717, 1.165) is 36.3 Å². The topological polar surface area (TPSA) is 76.7 Å². The molecule has 5 rings (SSSR count). The summed E-state index contributed by atoms with van der Waals surface area (Å²) >= 11 is 0. The van der Waals surface area contributed by atoms with Crippen LogP contribution >= 0.6 is 0 Å². The lowest BCUT2D eigenvalue weighted by Gasteiger charge is -2.29. The van der Waals surface area contributed by atoms with Gasteiger partial charge in [0.1, 0.15) is 0 Å². The predicted octanol–water partition coefficient (Wildman–Crippen LogP) is 3.19. The van der Waals surface area contributed by atoms with Crippen molar-refractivity contribution in [3.63, 3.8) is 0 Å². The maximum atomic E-state index is 12.7. The monoisotopic (exact) mass is 406 g/mol. The van der Waals surface area contributed by atoms with Crippen LogP contribution in [0.25, 0.3) is 0 Å². The Balaban J connectivity index is 1.24. The van der Waals surface area contributed by atoms with Crippen LogP contribution in [0.4, 0.5) is 0 Å². The molecule has 2 aromatic rings. The van der Waals surface area contributed by atoms with Gasteiger partial charge in [-0.15, -0.1) is 0 Å². The lowest BCUT2D eigenvalue weighted by Crippen LogP contribution is -2.44. The minimum Gasteiger partial charge on any atom is -0.454 e. The fourth-order valence-electron chi connectivity index (χ4n) is 4.95. The van der Waals surface area contributed by atoms with E-state index in [4.69, 9.17) is 9.47 Å². The molecule has 2 unspecified atom stereocenters. The standard InChI is InChI=1S/C24H26N2O4/c27-22(25-19-7-6-17-3-1-2-4-18(17)19)9-11-24(12-10-23(28)26-24)14-16-5-8-20-21(13-16)30-15-29-20/h1-5,8,13,19H,6-7,9-12,14-15H2,(H,25,27)(H,26,28). The quantitative estimate of drug-likeness (QED) is 0.773. The van der Waals surface area contributed by atoms with Gasteiger partial charge in [0.15, 0.2) is 11.5 Å². The van der Waals surface area contributed by atoms with Crippen molar-refractivity contribution >= 4 is 11.8 Å². The molecule has 156 valence electrons. The fourth-order valence-corrected chi connectivity index (χ4v) is 4.95. The van der Waals surface area contributed by atoms with Crippen molar-refractivity contribution in [1.82, 2.24) is 10.6 Å². The number of carbonyl (C=O) groups is 2. The van der Waals surface area contributed by atoms with Crippen molar-refractivity contribution in [2.24, 2.45) is 0 Å². The van der Waals surface area contributed by atoms with Crippen LogP contribution < -0.4 is 20.1 Å². The van der Waals surface area contributed by atoms with E-state index in [1.54, 1.807) is 0 Å². The maximum Gasteiger partial charge on any atom is 0.231 e. The van der Waals surface area contributed by atoms with Crippen LogP contribution in [-0.4, -0.2) is 24.1 Å². The highest BCUT2D eigenvalue weighted by Crippen LogP contribution is 2.36. The SMILES string of the molecule is O=C(CCC1(Cc2ccc3c(c2)OCO3)CCC(=O)N1)NC1CCc2ccccc21. The van der Waals surface area contributed by atoms with Crippen LogP contribution in [0.1, 0.15) is 54.8 Å². The molecule has 6 nitrogen and oxygen atoms in total. The first-order valence-corrected chi connectivity index (χ1v) is 10.7. The summed E-state index contributed by atoms with van der Waals surface area (Å²) in [5.41, 5.74) is 3.24. The van der Waals surface area contributed by atoms with E-state index in [-0.39, 0.29) is 24.6 Å². The number of nitrogens with one attached hydrogen (secondary N) is 2. The summed E-state index contributed by atoms with van der Waals surface area (Å²) in [5, 5.41) is 6.35. The summed E-state index contributed by atoms with van der Waals surface area (Å²) in [6, 6.07) is 14.3. The second kappa shape index (κ2) is 7.67. The second-order valence-corrected chi connectivity index (χ2v) is 8.55. The van der Waals surface area contributed by atoms with Crippen molar-refractivity contribution < 1.29 is 19.1 Å². The molecule has 2 heterocycles. The van der Waals surface area contributed by atoms with Gasteiger partial charge in [-0.25, -0.2) is 0 Å². The van der Waals surface area contributed by atoms with E-state index in [1.807, 2.05) is 30.3 Å². The summed E-state index contributed by atoms with van der Waals surface area (Å²) in [7, 11) is 0. The normalized spacial score (nSPS) is 23.9. The Kier molecular flexibility index (Phi) is 4.85. The number of hydrogen-bond donors (Lipinski definition) is 2. The first-order chi connectivity index (χ1) is 14.6. The van der Waals surface area contributed by atoms with Crippen LogP contribution in [0.3, 0.4) is 0 Å². The van der Waals surface area contributed by atoms with Crippen molar-refractivity contribution in [2.75, 3.05) is 6.79 Å². The largest absolute Gasteiger partial charge is 0.454 e. The number of hydrogen-bond acceptors (Lipinski definition) is 4. The van der Waals surface area contributed by atoms with Gasteiger partial charge in [-0.2, -0.15) is 0 Å². The Hall–Kier alpha value is -3.02. The Morgan fingerprint density at radius 1 is 1.13 bits per heavy atom. The third-order valence-corrected chi connectivity index (χ3v) is 6.51. The molecule has 2 aromatic carbocycles. The van der Waals surface area contributed by atoms with E-state index in [2.05, 4.69) is 22.8 Å². The van der Waals surface area contributed by atoms with E-state index >= 15 is 0 Å². The summed E-state index contributed by atoms with van der Waals surface area (Å²) in [4.78, 5) is 24.8. The summed E-state index contributed by atoms with van der Waals surface area (Å²) in [6.45, 7) is 0.241. The van der Waals surface area contributed by atoms with Crippen LogP contribution in [0.2, 0.25) is 0 Å². The highest BCUT2D eigenvalue weighted by atomic mass is 16.7. The molecule has 2 aliphatic heterocycles. The van der Waals surface area contributed by atoms with Crippen molar-refractivity contribution in [3.8, 4) is 11.5 Å². The molecule has 0 aromatic heterocycles. The number of fused-ring (bicyclic) bond motifs is 2. The number of carbonyl (C=O) groups excluding carboxylic acids is 2. The van der Waals surface area contributed by atoms with E-state index in [9.17, 15) is 9.59 Å². The highest BCUT2D eigenvalue weighted by molar-refractivity contribution is 5.80. The second-order valence-electron chi connectivity index (χ2n) is 8.55. The molecule has 3 aliphatic rings. The van der Waals surface area contributed by atoms with E-state index < -0.39 is 5.54 Å². The molecule has 2 N–H and O–H groups in total. The molecule has 1 saturated heterocycles. The van der Waals surface area contributed by atoms with Gasteiger partial charge in [-0.05, 0) is 60.9 Å². The predicted molar refractivity (Wildman–Crippen MR) is 111 cm³/mol. The van der Waals surface area contributed by atoms with Gasteiger partial charge in [-0.1, -0.05) is 30.3 Å². The molecule has 0 saturated carbocycles. The average molecular weight is 406 g/mol. The lowest BCUT2D eigenvalue weighted by atomic mass is 9.84. The molecule has 2 amide bonds. The van der Waals surface area contributed by atoms with Gasteiger partial charge in [0.2, 0.25) is 18.6 Å². The van der Waals surface area contributed by atoms with E-state index in [0.29, 0.717) is 25.7 Å². The molecular weight excluding hydrogens is 380 g/mol. The molecular formula is C24H26N2O4. The maximum absolute atomic E-state index is 12.7. The van der Waals surface area contributed by atoms with Crippen molar-refractivity contribution in [1.29, 1.82) is 0 Å². The molecule has 0 spiro atoms.